The summed E-state index contributed by atoms with van der Waals surface area (Å²) < 4.78 is 5.47. The zero-order valence-corrected chi connectivity index (χ0v) is 14.4. The number of rotatable bonds is 9. The normalized spacial score (nSPS) is 13.5. The smallest absolute Gasteiger partial charge is 0.122 e. The van der Waals surface area contributed by atoms with E-state index < -0.39 is 0 Å². The second-order valence-corrected chi connectivity index (χ2v) is 5.61. The van der Waals surface area contributed by atoms with E-state index in [-0.39, 0.29) is 11.6 Å². The van der Waals surface area contributed by atoms with E-state index in [0.29, 0.717) is 0 Å². The topological polar surface area (TPSA) is 38.5 Å². The maximum atomic E-state index is 6.68. The van der Waals surface area contributed by atoms with Crippen LogP contribution in [0.15, 0.2) is 24.3 Å². The van der Waals surface area contributed by atoms with Gasteiger partial charge in [0.15, 0.2) is 0 Å². The van der Waals surface area contributed by atoms with Gasteiger partial charge in [-0.05, 0) is 44.0 Å². The van der Waals surface area contributed by atoms with Crippen LogP contribution < -0.4 is 10.5 Å². The van der Waals surface area contributed by atoms with Crippen molar-refractivity contribution in [2.24, 2.45) is 5.73 Å². The fourth-order valence-electron chi connectivity index (χ4n) is 3.61. The van der Waals surface area contributed by atoms with Crippen LogP contribution in [0.5, 0.6) is 5.75 Å². The van der Waals surface area contributed by atoms with E-state index in [2.05, 4.69) is 44.7 Å². The first-order valence-corrected chi connectivity index (χ1v) is 8.22. The average molecular weight is 292 g/mol. The molecule has 0 spiro atoms. The molecule has 0 saturated carbocycles. The molecule has 1 aromatic carbocycles. The van der Waals surface area contributed by atoms with E-state index >= 15 is 0 Å². The molecule has 21 heavy (non-hydrogen) atoms. The van der Waals surface area contributed by atoms with Gasteiger partial charge in [0.1, 0.15) is 5.75 Å². The number of ether oxygens (including phenoxy) is 1. The Balaban J connectivity index is 3.04. The van der Waals surface area contributed by atoms with Crippen LogP contribution in [-0.4, -0.2) is 36.7 Å². The Morgan fingerprint density at radius 1 is 1.10 bits per heavy atom. The minimum absolute atomic E-state index is 0.0599. The quantitative estimate of drug-likeness (QED) is 0.757. The number of likely N-dealkylation sites (N-methyl/N-ethyl adjacent to an activating group) is 1. The first kappa shape index (κ1) is 18.0. The van der Waals surface area contributed by atoms with E-state index in [4.69, 9.17) is 10.5 Å². The molecule has 1 atom stereocenters. The van der Waals surface area contributed by atoms with Crippen LogP contribution in [0, 0.1) is 0 Å². The summed E-state index contributed by atoms with van der Waals surface area (Å²) in [4.78, 5) is 2.52. The van der Waals surface area contributed by atoms with Crippen molar-refractivity contribution in [3.05, 3.63) is 29.8 Å². The maximum absolute atomic E-state index is 6.68. The number of hydrogen-bond donors (Lipinski definition) is 1. The summed E-state index contributed by atoms with van der Waals surface area (Å²) in [7, 11) is 1.72. The van der Waals surface area contributed by atoms with Gasteiger partial charge in [-0.25, -0.2) is 0 Å². The molecule has 3 heteroatoms. The fraction of sp³-hybridized carbons (Fsp3) is 0.667. The molecule has 2 N–H and O–H groups in total. The van der Waals surface area contributed by atoms with Gasteiger partial charge in [0.25, 0.3) is 0 Å². The summed E-state index contributed by atoms with van der Waals surface area (Å²) in [6.45, 7) is 11.0. The van der Waals surface area contributed by atoms with E-state index in [0.717, 1.165) is 38.1 Å². The summed E-state index contributed by atoms with van der Waals surface area (Å²) in [6.07, 6.45) is 2.99. The van der Waals surface area contributed by atoms with Crippen molar-refractivity contribution in [2.45, 2.75) is 58.5 Å². The summed E-state index contributed by atoms with van der Waals surface area (Å²) in [6, 6.07) is 8.30. The molecule has 1 rings (SSSR count). The van der Waals surface area contributed by atoms with Gasteiger partial charge in [-0.15, -0.1) is 0 Å². The molecule has 0 aliphatic carbocycles. The van der Waals surface area contributed by atoms with Crippen molar-refractivity contribution < 1.29 is 4.74 Å². The highest BCUT2D eigenvalue weighted by Gasteiger charge is 2.37. The molecule has 0 aliphatic rings. The van der Waals surface area contributed by atoms with Crippen molar-refractivity contribution in [1.29, 1.82) is 0 Å². The molecule has 0 radical (unpaired) electrons. The van der Waals surface area contributed by atoms with Crippen LogP contribution in [-0.2, 0) is 6.42 Å². The highest BCUT2D eigenvalue weighted by Crippen LogP contribution is 2.30. The molecule has 3 nitrogen and oxygen atoms in total. The Morgan fingerprint density at radius 2 is 1.67 bits per heavy atom. The largest absolute Gasteiger partial charge is 0.496 e. The third-order valence-electron chi connectivity index (χ3n) is 4.94. The molecule has 0 fully saturated rings. The van der Waals surface area contributed by atoms with E-state index in [1.54, 1.807) is 7.11 Å². The SMILES string of the molecule is CCN(CC)C(CC)(CC)C(N)Cc1ccccc1OC. The van der Waals surface area contributed by atoms with E-state index in [1.807, 2.05) is 12.1 Å². The van der Waals surface area contributed by atoms with Gasteiger partial charge in [-0.1, -0.05) is 45.9 Å². The summed E-state index contributed by atoms with van der Waals surface area (Å²) in [5.74, 6) is 0.939. The minimum Gasteiger partial charge on any atom is -0.496 e. The van der Waals surface area contributed by atoms with Crippen LogP contribution in [0.3, 0.4) is 0 Å². The van der Waals surface area contributed by atoms with E-state index in [1.165, 1.54) is 5.56 Å². The summed E-state index contributed by atoms with van der Waals surface area (Å²) in [5.41, 5.74) is 7.94. The van der Waals surface area contributed by atoms with Crippen molar-refractivity contribution in [2.75, 3.05) is 20.2 Å². The zero-order valence-electron chi connectivity index (χ0n) is 14.4. The molecule has 0 aromatic heterocycles. The molecule has 0 saturated heterocycles. The lowest BCUT2D eigenvalue weighted by Gasteiger charge is -2.46. The van der Waals surface area contributed by atoms with Crippen LogP contribution >= 0.6 is 0 Å². The van der Waals surface area contributed by atoms with Crippen LogP contribution in [0.25, 0.3) is 0 Å². The van der Waals surface area contributed by atoms with Gasteiger partial charge in [-0.2, -0.15) is 0 Å². The fourth-order valence-corrected chi connectivity index (χ4v) is 3.61. The van der Waals surface area contributed by atoms with E-state index in [9.17, 15) is 0 Å². The molecule has 0 amide bonds. The van der Waals surface area contributed by atoms with Crippen molar-refractivity contribution >= 4 is 0 Å². The standard InChI is InChI=1S/C18H32N2O/c1-6-18(7-2,20(8-3)9-4)17(19)14-15-12-10-11-13-16(15)21-5/h10-13,17H,6-9,14,19H2,1-5H3. The highest BCUT2D eigenvalue weighted by molar-refractivity contribution is 5.34. The number of nitrogens with two attached hydrogens (primary N) is 1. The van der Waals surface area contributed by atoms with Crippen LogP contribution in [0.1, 0.15) is 46.1 Å². The lowest BCUT2D eigenvalue weighted by atomic mass is 9.80. The number of hydrogen-bond acceptors (Lipinski definition) is 3. The Bertz CT molecular complexity index is 411. The van der Waals surface area contributed by atoms with Gasteiger partial charge in [0.05, 0.1) is 7.11 Å². The predicted octanol–water partition coefficient (Wildman–Crippen LogP) is 3.47. The van der Waals surface area contributed by atoms with Crippen LogP contribution in [0.4, 0.5) is 0 Å². The molecular weight excluding hydrogens is 260 g/mol. The Morgan fingerprint density at radius 3 is 2.14 bits per heavy atom. The third kappa shape index (κ3) is 3.78. The molecule has 0 bridgehead atoms. The minimum atomic E-state index is 0.0599. The number of nitrogens with zero attached hydrogens (tertiary/aromatic N) is 1. The molecule has 0 heterocycles. The lowest BCUT2D eigenvalue weighted by Crippen LogP contribution is -2.60. The maximum Gasteiger partial charge on any atom is 0.122 e. The van der Waals surface area contributed by atoms with Gasteiger partial charge in [-0.3, -0.25) is 4.90 Å². The van der Waals surface area contributed by atoms with Gasteiger partial charge in [0, 0.05) is 11.6 Å². The Kier molecular flexibility index (Phi) is 7.20. The third-order valence-corrected chi connectivity index (χ3v) is 4.94. The second kappa shape index (κ2) is 8.40. The average Bonchev–Trinajstić information content (AvgIpc) is 2.53. The molecule has 1 unspecified atom stereocenters. The summed E-state index contributed by atoms with van der Waals surface area (Å²) >= 11 is 0. The molecule has 120 valence electrons. The highest BCUT2D eigenvalue weighted by atomic mass is 16.5. The first-order valence-electron chi connectivity index (χ1n) is 8.22. The second-order valence-electron chi connectivity index (χ2n) is 5.61. The van der Waals surface area contributed by atoms with Gasteiger partial charge < -0.3 is 10.5 Å². The Hall–Kier alpha value is -1.06. The number of methoxy groups -OCH3 is 1. The zero-order chi connectivity index (χ0) is 15.9. The molecule has 1 aromatic rings. The lowest BCUT2D eigenvalue weighted by molar-refractivity contribution is 0.0626. The van der Waals surface area contributed by atoms with Crippen molar-refractivity contribution in [3.8, 4) is 5.75 Å². The van der Waals surface area contributed by atoms with Crippen LogP contribution in [0.2, 0.25) is 0 Å². The predicted molar refractivity (Wildman–Crippen MR) is 90.9 cm³/mol. The van der Waals surface area contributed by atoms with Crippen molar-refractivity contribution in [1.82, 2.24) is 4.90 Å². The Labute approximate surface area is 130 Å². The summed E-state index contributed by atoms with van der Waals surface area (Å²) in [5, 5.41) is 0. The molecular formula is C18H32N2O. The van der Waals surface area contributed by atoms with Gasteiger partial charge >= 0.3 is 0 Å². The number of para-hydroxylation sites is 1. The van der Waals surface area contributed by atoms with Gasteiger partial charge in [0.2, 0.25) is 0 Å². The first-order chi connectivity index (χ1) is 10.1. The number of benzene rings is 1. The molecule has 0 aliphatic heterocycles. The van der Waals surface area contributed by atoms with Crippen molar-refractivity contribution in [3.63, 3.8) is 0 Å². The monoisotopic (exact) mass is 292 g/mol.